The summed E-state index contributed by atoms with van der Waals surface area (Å²) >= 11 is 0. The Hall–Kier alpha value is -1.06. The maximum atomic E-state index is 9.57. The van der Waals surface area contributed by atoms with E-state index in [1.54, 1.807) is 6.07 Å². The van der Waals surface area contributed by atoms with E-state index in [0.29, 0.717) is 12.4 Å². The molecule has 1 fully saturated rings. The van der Waals surface area contributed by atoms with Crippen LogP contribution in [0.15, 0.2) is 24.3 Å². The number of rotatable bonds is 1. The highest BCUT2D eigenvalue weighted by Gasteiger charge is 2.17. The lowest BCUT2D eigenvalue weighted by molar-refractivity contribution is 0.0761. The molecule has 1 heterocycles. The number of benzene rings is 1. The smallest absolute Gasteiger partial charge is 0.120 e. The van der Waals surface area contributed by atoms with Crippen LogP contribution in [0.25, 0.3) is 0 Å². The van der Waals surface area contributed by atoms with E-state index in [2.05, 4.69) is 5.32 Å². The maximum absolute atomic E-state index is 9.57. The van der Waals surface area contributed by atoms with Crippen LogP contribution in [0.2, 0.25) is 0 Å². The van der Waals surface area contributed by atoms with Crippen molar-refractivity contribution in [3.05, 3.63) is 29.8 Å². The normalized spacial score (nSPS) is 22.9. The van der Waals surface area contributed by atoms with Gasteiger partial charge in [-0.05, 0) is 6.07 Å². The van der Waals surface area contributed by atoms with Crippen molar-refractivity contribution in [3.63, 3.8) is 0 Å². The van der Waals surface area contributed by atoms with Gasteiger partial charge in [-0.15, -0.1) is 0 Å². The third kappa shape index (κ3) is 1.82. The van der Waals surface area contributed by atoms with Gasteiger partial charge in [-0.2, -0.15) is 0 Å². The Morgan fingerprint density at radius 2 is 2.23 bits per heavy atom. The lowest BCUT2D eigenvalue weighted by atomic mass is 10.1. The Bertz CT molecular complexity index is 282. The van der Waals surface area contributed by atoms with E-state index in [4.69, 9.17) is 4.74 Å². The average molecular weight is 179 g/mol. The molecule has 0 aliphatic carbocycles. The summed E-state index contributed by atoms with van der Waals surface area (Å²) in [5.41, 5.74) is 0.919. The Labute approximate surface area is 77.3 Å². The zero-order chi connectivity index (χ0) is 9.10. The minimum absolute atomic E-state index is 0.134. The number of hydrogen-bond donors (Lipinski definition) is 2. The van der Waals surface area contributed by atoms with Gasteiger partial charge in [0.1, 0.15) is 5.75 Å². The van der Waals surface area contributed by atoms with Crippen LogP contribution >= 0.6 is 0 Å². The highest BCUT2D eigenvalue weighted by atomic mass is 16.5. The molecular formula is C10H13NO2. The summed E-state index contributed by atoms with van der Waals surface area (Å²) in [6, 6.07) is 7.50. The van der Waals surface area contributed by atoms with Gasteiger partial charge in [0.05, 0.1) is 19.3 Å². The van der Waals surface area contributed by atoms with E-state index in [1.807, 2.05) is 18.2 Å². The molecule has 1 aromatic rings. The van der Waals surface area contributed by atoms with E-state index in [0.717, 1.165) is 18.7 Å². The molecule has 0 saturated carbocycles. The molecule has 70 valence electrons. The second kappa shape index (κ2) is 3.77. The van der Waals surface area contributed by atoms with Crippen molar-refractivity contribution in [1.82, 2.24) is 5.32 Å². The number of morpholine rings is 1. The van der Waals surface area contributed by atoms with Gasteiger partial charge in [-0.25, -0.2) is 0 Å². The third-order valence-corrected chi connectivity index (χ3v) is 2.23. The fourth-order valence-corrected chi connectivity index (χ4v) is 1.55. The van der Waals surface area contributed by atoms with Crippen molar-refractivity contribution in [2.75, 3.05) is 19.8 Å². The Morgan fingerprint density at radius 3 is 2.92 bits per heavy atom. The van der Waals surface area contributed by atoms with Crippen LogP contribution < -0.4 is 5.32 Å². The SMILES string of the molecule is Oc1ccccc1[C@H]1COCCN1. The van der Waals surface area contributed by atoms with Gasteiger partial charge in [0.2, 0.25) is 0 Å². The van der Waals surface area contributed by atoms with E-state index in [-0.39, 0.29) is 6.04 Å². The molecule has 0 spiro atoms. The fourth-order valence-electron chi connectivity index (χ4n) is 1.55. The largest absolute Gasteiger partial charge is 0.508 e. The standard InChI is InChI=1S/C10H13NO2/c12-10-4-2-1-3-8(10)9-7-13-6-5-11-9/h1-4,9,11-12H,5-7H2/t9-/m1/s1. The molecule has 1 aliphatic heterocycles. The average Bonchev–Trinajstić information content (AvgIpc) is 2.20. The minimum Gasteiger partial charge on any atom is -0.508 e. The number of hydrogen-bond acceptors (Lipinski definition) is 3. The van der Waals surface area contributed by atoms with Crippen LogP contribution in [-0.4, -0.2) is 24.9 Å². The van der Waals surface area contributed by atoms with Gasteiger partial charge in [0, 0.05) is 12.1 Å². The predicted molar refractivity (Wildman–Crippen MR) is 49.7 cm³/mol. The second-order valence-electron chi connectivity index (χ2n) is 3.14. The molecule has 1 atom stereocenters. The number of phenols is 1. The van der Waals surface area contributed by atoms with Gasteiger partial charge in [0.25, 0.3) is 0 Å². The summed E-state index contributed by atoms with van der Waals surface area (Å²) in [4.78, 5) is 0. The molecule has 0 bridgehead atoms. The van der Waals surface area contributed by atoms with Crippen molar-refractivity contribution in [3.8, 4) is 5.75 Å². The van der Waals surface area contributed by atoms with Crippen molar-refractivity contribution in [1.29, 1.82) is 0 Å². The van der Waals surface area contributed by atoms with Gasteiger partial charge in [-0.1, -0.05) is 18.2 Å². The zero-order valence-corrected chi connectivity index (χ0v) is 7.36. The molecule has 13 heavy (non-hydrogen) atoms. The topological polar surface area (TPSA) is 41.5 Å². The quantitative estimate of drug-likeness (QED) is 0.677. The number of nitrogens with one attached hydrogen (secondary N) is 1. The van der Waals surface area contributed by atoms with Crippen LogP contribution in [-0.2, 0) is 4.74 Å². The van der Waals surface area contributed by atoms with Gasteiger partial charge in [0.15, 0.2) is 0 Å². The molecule has 0 amide bonds. The van der Waals surface area contributed by atoms with Crippen molar-refractivity contribution in [2.24, 2.45) is 0 Å². The maximum Gasteiger partial charge on any atom is 0.120 e. The van der Waals surface area contributed by atoms with Crippen molar-refractivity contribution < 1.29 is 9.84 Å². The number of ether oxygens (including phenoxy) is 1. The van der Waals surface area contributed by atoms with E-state index >= 15 is 0 Å². The molecule has 2 rings (SSSR count). The summed E-state index contributed by atoms with van der Waals surface area (Å²) in [7, 11) is 0. The summed E-state index contributed by atoms with van der Waals surface area (Å²) in [5, 5.41) is 12.9. The lowest BCUT2D eigenvalue weighted by Gasteiger charge is -2.24. The molecule has 0 unspecified atom stereocenters. The van der Waals surface area contributed by atoms with Crippen LogP contribution in [0.4, 0.5) is 0 Å². The summed E-state index contributed by atoms with van der Waals surface area (Å²) < 4.78 is 5.32. The minimum atomic E-state index is 0.134. The third-order valence-electron chi connectivity index (χ3n) is 2.23. The molecule has 0 radical (unpaired) electrons. The Balaban J connectivity index is 2.18. The Kier molecular flexibility index (Phi) is 2.47. The summed E-state index contributed by atoms with van der Waals surface area (Å²) in [6.45, 7) is 2.24. The molecule has 2 N–H and O–H groups in total. The predicted octanol–water partition coefficient (Wildman–Crippen LogP) is 1.05. The highest BCUT2D eigenvalue weighted by Crippen LogP contribution is 2.24. The van der Waals surface area contributed by atoms with Crippen LogP contribution in [0.5, 0.6) is 5.75 Å². The number of para-hydroxylation sites is 1. The van der Waals surface area contributed by atoms with Crippen LogP contribution in [0.1, 0.15) is 11.6 Å². The fraction of sp³-hybridized carbons (Fsp3) is 0.400. The summed E-state index contributed by atoms with van der Waals surface area (Å²) in [5.74, 6) is 0.338. The molecule has 3 nitrogen and oxygen atoms in total. The summed E-state index contributed by atoms with van der Waals surface area (Å²) in [6.07, 6.45) is 0. The molecule has 0 aromatic heterocycles. The lowest BCUT2D eigenvalue weighted by Crippen LogP contribution is -2.34. The molecule has 1 saturated heterocycles. The highest BCUT2D eigenvalue weighted by molar-refractivity contribution is 5.34. The zero-order valence-electron chi connectivity index (χ0n) is 7.36. The van der Waals surface area contributed by atoms with Crippen molar-refractivity contribution >= 4 is 0 Å². The van der Waals surface area contributed by atoms with Crippen LogP contribution in [0, 0.1) is 0 Å². The first-order valence-corrected chi connectivity index (χ1v) is 4.47. The van der Waals surface area contributed by atoms with E-state index in [9.17, 15) is 5.11 Å². The Morgan fingerprint density at radius 1 is 1.38 bits per heavy atom. The number of phenolic OH excluding ortho intramolecular Hbond substituents is 1. The van der Waals surface area contributed by atoms with Gasteiger partial charge in [-0.3, -0.25) is 0 Å². The van der Waals surface area contributed by atoms with Crippen molar-refractivity contribution in [2.45, 2.75) is 6.04 Å². The molecule has 1 aromatic carbocycles. The molecular weight excluding hydrogens is 166 g/mol. The van der Waals surface area contributed by atoms with E-state index < -0.39 is 0 Å². The molecule has 3 heteroatoms. The van der Waals surface area contributed by atoms with Crippen LogP contribution in [0.3, 0.4) is 0 Å². The van der Waals surface area contributed by atoms with E-state index in [1.165, 1.54) is 0 Å². The first-order valence-electron chi connectivity index (χ1n) is 4.47. The number of aromatic hydroxyl groups is 1. The molecule has 1 aliphatic rings. The first kappa shape index (κ1) is 8.53. The monoisotopic (exact) mass is 179 g/mol. The van der Waals surface area contributed by atoms with Gasteiger partial charge < -0.3 is 15.2 Å². The van der Waals surface area contributed by atoms with Gasteiger partial charge >= 0.3 is 0 Å². The first-order chi connectivity index (χ1) is 6.38. The second-order valence-corrected chi connectivity index (χ2v) is 3.14.